The van der Waals surface area contributed by atoms with Crippen molar-refractivity contribution in [3.8, 4) is 6.07 Å². The minimum Gasteiger partial charge on any atom is -0.385 e. The summed E-state index contributed by atoms with van der Waals surface area (Å²) in [5.74, 6) is -0.979. The first-order chi connectivity index (χ1) is 15.0. The van der Waals surface area contributed by atoms with Crippen molar-refractivity contribution in [1.82, 2.24) is 5.32 Å². The predicted octanol–water partition coefficient (Wildman–Crippen LogP) is 5.57. The molecule has 0 bridgehead atoms. The van der Waals surface area contributed by atoms with Crippen molar-refractivity contribution in [2.75, 3.05) is 20.0 Å². The number of carbonyl (C=O) groups excluding carboxylic acids is 1. The number of aliphatic imine (C=N–C) groups is 1. The van der Waals surface area contributed by atoms with E-state index in [2.05, 4.69) is 51.9 Å². The van der Waals surface area contributed by atoms with Crippen LogP contribution in [0.4, 0.5) is 13.6 Å². The Kier molecular flexibility index (Phi) is 7.69. The maximum atomic E-state index is 14.7. The lowest BCUT2D eigenvalue weighted by molar-refractivity contribution is 0.120. The van der Waals surface area contributed by atoms with E-state index >= 15 is 0 Å². The molecule has 0 spiro atoms. The summed E-state index contributed by atoms with van der Waals surface area (Å²) in [5.41, 5.74) is -1.48. The lowest BCUT2D eigenvalue weighted by atomic mass is 9.84. The molecule has 32 heavy (non-hydrogen) atoms. The third-order valence-corrected chi connectivity index (χ3v) is 9.20. The number of alkyl halides is 1. The number of carbonyl (C=O) groups is 1. The number of nitrogens with one attached hydrogen (secondary N) is 1. The third kappa shape index (κ3) is 5.52. The Morgan fingerprint density at radius 1 is 1.47 bits per heavy atom. The first-order valence-electron chi connectivity index (χ1n) is 10.3. The van der Waals surface area contributed by atoms with Crippen molar-refractivity contribution < 1.29 is 23.0 Å². The van der Waals surface area contributed by atoms with Crippen molar-refractivity contribution in [3.63, 3.8) is 0 Å². The van der Waals surface area contributed by atoms with Crippen molar-refractivity contribution in [3.05, 3.63) is 34.1 Å². The maximum absolute atomic E-state index is 14.7. The van der Waals surface area contributed by atoms with Crippen molar-refractivity contribution >= 4 is 47.1 Å². The normalized spacial score (nSPS) is 26.5. The maximum Gasteiger partial charge on any atom is 0.416 e. The molecule has 3 rings (SSSR count). The highest BCUT2D eigenvalue weighted by molar-refractivity contribution is 9.10. The van der Waals surface area contributed by atoms with Crippen LogP contribution in [0.1, 0.15) is 18.4 Å². The molecule has 1 aromatic rings. The monoisotopic (exact) mass is 545 g/mol. The molecular formula is C21H26BrF2N3O3SSi. The highest BCUT2D eigenvalue weighted by Gasteiger charge is 2.69. The fraction of sp³-hybridized carbons (Fsp3) is 0.571. The van der Waals surface area contributed by atoms with Crippen LogP contribution in [-0.2, 0) is 15.0 Å². The number of hydrogen-bond acceptors (Lipinski definition) is 6. The molecule has 1 amide bonds. The van der Waals surface area contributed by atoms with Gasteiger partial charge < -0.3 is 9.47 Å². The first kappa shape index (κ1) is 25.1. The minimum atomic E-state index is -1.56. The first-order valence-corrected chi connectivity index (χ1v) is 15.6. The number of benzene rings is 1. The van der Waals surface area contributed by atoms with E-state index in [4.69, 9.17) is 9.47 Å². The molecule has 0 radical (unpaired) electrons. The molecule has 174 valence electrons. The topological polar surface area (TPSA) is 83.7 Å². The molecule has 3 atom stereocenters. The lowest BCUT2D eigenvalue weighted by Crippen LogP contribution is -2.40. The molecule has 0 saturated heterocycles. The number of fused-ring (bicyclic) bond motifs is 1. The molecule has 1 fully saturated rings. The molecule has 1 aliphatic carbocycles. The Bertz CT molecular complexity index is 955. The van der Waals surface area contributed by atoms with Gasteiger partial charge in [-0.1, -0.05) is 47.3 Å². The van der Waals surface area contributed by atoms with Gasteiger partial charge in [0.1, 0.15) is 24.8 Å². The average Bonchev–Trinajstić information content (AvgIpc) is 3.43. The van der Waals surface area contributed by atoms with Crippen LogP contribution in [0.15, 0.2) is 27.7 Å². The zero-order valence-corrected chi connectivity index (χ0v) is 21.6. The van der Waals surface area contributed by atoms with Gasteiger partial charge in [-0.3, -0.25) is 5.32 Å². The number of nitriles is 1. The molecule has 6 nitrogen and oxygen atoms in total. The van der Waals surface area contributed by atoms with Gasteiger partial charge in [-0.05, 0) is 30.7 Å². The highest BCUT2D eigenvalue weighted by Crippen LogP contribution is 2.68. The molecular weight excluding hydrogens is 520 g/mol. The van der Waals surface area contributed by atoms with Gasteiger partial charge in [0.15, 0.2) is 0 Å². The summed E-state index contributed by atoms with van der Waals surface area (Å²) in [6.45, 7) is 6.21. The molecule has 1 heterocycles. The largest absolute Gasteiger partial charge is 0.416 e. The standard InChI is InChI=1S/C21H26BrF2N3O3SSi/c1-32(2,3)9-8-29-13-26-18(28)30-19-27-21(12-23,15-10-14(22)4-5-16(15)24)17-11-20(17,31-19)6-7-25/h4-5,10,17H,6,8-9,11-13H2,1-3H3,(H,26,28)/t17-,20+,21-/m1/s1. The van der Waals surface area contributed by atoms with E-state index < -0.39 is 36.9 Å². The van der Waals surface area contributed by atoms with E-state index in [9.17, 15) is 18.8 Å². The van der Waals surface area contributed by atoms with Gasteiger partial charge >= 0.3 is 6.09 Å². The van der Waals surface area contributed by atoms with Gasteiger partial charge in [0.25, 0.3) is 5.23 Å². The number of halogens is 3. The van der Waals surface area contributed by atoms with E-state index in [1.807, 2.05) is 0 Å². The number of ether oxygens (including phenoxy) is 2. The molecule has 2 aliphatic rings. The summed E-state index contributed by atoms with van der Waals surface area (Å²) in [4.78, 5) is 16.7. The summed E-state index contributed by atoms with van der Waals surface area (Å²) in [5, 5.41) is 11.7. The van der Waals surface area contributed by atoms with Crippen LogP contribution >= 0.6 is 27.7 Å². The SMILES string of the molecule is C[Si](C)(C)CCOCNC(=O)OC1=N[C@](CF)(c2cc(Br)ccc2F)[C@@H]2C[C@]2(CC#N)S1. The van der Waals surface area contributed by atoms with E-state index in [0.29, 0.717) is 17.5 Å². The van der Waals surface area contributed by atoms with Gasteiger partial charge in [0.05, 0.1) is 12.5 Å². The second kappa shape index (κ2) is 9.79. The Balaban J connectivity index is 1.77. The van der Waals surface area contributed by atoms with Crippen molar-refractivity contribution in [1.29, 1.82) is 5.26 Å². The Morgan fingerprint density at radius 2 is 2.22 bits per heavy atom. The zero-order valence-electron chi connectivity index (χ0n) is 18.2. The molecule has 11 heteroatoms. The second-order valence-corrected chi connectivity index (χ2v) is 17.2. The predicted molar refractivity (Wildman–Crippen MR) is 126 cm³/mol. The number of hydrogen-bond donors (Lipinski definition) is 1. The summed E-state index contributed by atoms with van der Waals surface area (Å²) in [6, 6.07) is 7.34. The van der Waals surface area contributed by atoms with Gasteiger partial charge in [-0.15, -0.1) is 0 Å². The van der Waals surface area contributed by atoms with E-state index in [1.54, 1.807) is 0 Å². The van der Waals surface area contributed by atoms with Crippen molar-refractivity contribution in [2.45, 2.75) is 48.8 Å². The van der Waals surface area contributed by atoms with Crippen LogP contribution in [-0.4, -0.2) is 44.2 Å². The van der Waals surface area contributed by atoms with Crippen molar-refractivity contribution in [2.24, 2.45) is 10.9 Å². The van der Waals surface area contributed by atoms with Crippen LogP contribution in [0.2, 0.25) is 25.7 Å². The van der Waals surface area contributed by atoms with Gasteiger partial charge in [0.2, 0.25) is 0 Å². The van der Waals surface area contributed by atoms with E-state index in [1.165, 1.54) is 18.2 Å². The number of rotatable bonds is 8. The summed E-state index contributed by atoms with van der Waals surface area (Å²) < 4.78 is 40.0. The van der Waals surface area contributed by atoms with Crippen LogP contribution in [0, 0.1) is 23.1 Å². The molecule has 1 aromatic carbocycles. The summed E-state index contributed by atoms with van der Waals surface area (Å²) in [6.07, 6.45) is -0.208. The number of amides is 1. The lowest BCUT2D eigenvalue weighted by Gasteiger charge is -2.34. The highest BCUT2D eigenvalue weighted by atomic mass is 79.9. The zero-order chi connectivity index (χ0) is 23.6. The van der Waals surface area contributed by atoms with Crippen LogP contribution < -0.4 is 5.32 Å². The Hall–Kier alpha value is -1.48. The molecule has 0 aromatic heterocycles. The molecule has 1 aliphatic heterocycles. The molecule has 1 saturated carbocycles. The number of thioether (sulfide) groups is 1. The van der Waals surface area contributed by atoms with Gasteiger partial charge in [-0.25, -0.2) is 18.6 Å². The minimum absolute atomic E-state index is 0.0261. The summed E-state index contributed by atoms with van der Waals surface area (Å²) in [7, 11) is -1.24. The second-order valence-electron chi connectivity index (χ2n) is 9.25. The Labute approximate surface area is 200 Å². The summed E-state index contributed by atoms with van der Waals surface area (Å²) >= 11 is 4.44. The third-order valence-electron chi connectivity index (χ3n) is 5.65. The quantitative estimate of drug-likeness (QED) is 0.262. The van der Waals surface area contributed by atoms with Crippen LogP contribution in [0.25, 0.3) is 0 Å². The van der Waals surface area contributed by atoms with E-state index in [0.717, 1.165) is 17.8 Å². The van der Waals surface area contributed by atoms with Gasteiger partial charge in [-0.2, -0.15) is 5.26 Å². The van der Waals surface area contributed by atoms with Crippen LogP contribution in [0.5, 0.6) is 0 Å². The molecule has 1 N–H and O–H groups in total. The van der Waals surface area contributed by atoms with Gasteiger partial charge in [0, 0.05) is 35.4 Å². The average molecular weight is 547 g/mol. The number of nitrogens with zero attached hydrogens (tertiary/aromatic N) is 2. The smallest absolute Gasteiger partial charge is 0.385 e. The van der Waals surface area contributed by atoms with E-state index in [-0.39, 0.29) is 29.9 Å². The Morgan fingerprint density at radius 3 is 2.88 bits per heavy atom. The fourth-order valence-electron chi connectivity index (χ4n) is 3.80. The number of alkyl carbamates (subject to hydrolysis) is 1. The molecule has 0 unspecified atom stereocenters. The van der Waals surface area contributed by atoms with Crippen LogP contribution in [0.3, 0.4) is 0 Å². The fourth-order valence-corrected chi connectivity index (χ4v) is 6.31.